The molecule has 0 rings (SSSR count). The van der Waals surface area contributed by atoms with E-state index in [1.165, 1.54) is 0 Å². The first kappa shape index (κ1) is 12.7. The molecule has 0 aliphatic carbocycles. The minimum Gasteiger partial charge on any atom is -0.475 e. The molecule has 0 bridgehead atoms. The summed E-state index contributed by atoms with van der Waals surface area (Å²) in [5, 5.41) is 49.2. The lowest BCUT2D eigenvalue weighted by Crippen LogP contribution is -2.48. The lowest BCUT2D eigenvalue weighted by molar-refractivity contribution is -0.550. The summed E-state index contributed by atoms with van der Waals surface area (Å²) in [7, 11) is 0. The van der Waals surface area contributed by atoms with Crippen LogP contribution in [0.4, 0.5) is 0 Å². The Morgan fingerprint density at radius 3 is 1.14 bits per heavy atom. The highest BCUT2D eigenvalue weighted by Gasteiger charge is 2.44. The molecule has 82 valence electrons. The third-order valence-corrected chi connectivity index (χ3v) is 0.831. The molecule has 0 atom stereocenters. The van der Waals surface area contributed by atoms with Gasteiger partial charge in [-0.3, -0.25) is 0 Å². The van der Waals surface area contributed by atoms with Crippen molar-refractivity contribution in [2.75, 3.05) is 0 Å². The first-order valence-electron chi connectivity index (χ1n) is 2.82. The number of aliphatic hydroxyl groups is 4. The molecule has 0 aromatic heterocycles. The summed E-state index contributed by atoms with van der Waals surface area (Å²) in [6.45, 7) is 0. The second kappa shape index (κ2) is 3.83. The van der Waals surface area contributed by atoms with Crippen molar-refractivity contribution in [2.45, 2.75) is 11.9 Å². The van der Waals surface area contributed by atoms with E-state index in [0.717, 1.165) is 0 Å². The molecular formula is C4H6O10. The predicted molar refractivity (Wildman–Crippen MR) is 31.8 cm³/mol. The summed E-state index contributed by atoms with van der Waals surface area (Å²) in [5.74, 6) is -12.5. The molecule has 0 aliphatic rings. The highest BCUT2D eigenvalue weighted by Crippen LogP contribution is 2.09. The van der Waals surface area contributed by atoms with Crippen LogP contribution in [0.3, 0.4) is 0 Å². The molecule has 6 N–H and O–H groups in total. The Morgan fingerprint density at radius 1 is 0.786 bits per heavy atom. The van der Waals surface area contributed by atoms with Gasteiger partial charge in [0, 0.05) is 0 Å². The van der Waals surface area contributed by atoms with E-state index in [-0.39, 0.29) is 0 Å². The number of aliphatic carboxylic acids is 2. The van der Waals surface area contributed by atoms with E-state index in [0.29, 0.717) is 0 Å². The molecule has 0 amide bonds. The third kappa shape index (κ3) is 3.21. The minimum absolute atomic E-state index is 2.35. The Bertz CT molecular complexity index is 215. The Hall–Kier alpha value is -1.30. The number of hydrogen-bond acceptors (Lipinski definition) is 8. The van der Waals surface area contributed by atoms with Crippen molar-refractivity contribution in [2.24, 2.45) is 0 Å². The van der Waals surface area contributed by atoms with Crippen molar-refractivity contribution in [3.63, 3.8) is 0 Å². The lowest BCUT2D eigenvalue weighted by Gasteiger charge is -2.19. The number of carboxylic acids is 2. The molecule has 14 heavy (non-hydrogen) atoms. The van der Waals surface area contributed by atoms with Gasteiger partial charge in [0.25, 0.3) is 0 Å². The lowest BCUT2D eigenvalue weighted by atomic mass is 10.6. The van der Waals surface area contributed by atoms with Crippen LogP contribution >= 0.6 is 0 Å². The molecule has 0 aromatic rings. The Labute approximate surface area is 75.1 Å². The third-order valence-electron chi connectivity index (χ3n) is 0.831. The van der Waals surface area contributed by atoms with Gasteiger partial charge in [-0.2, -0.15) is 9.78 Å². The molecule has 0 fully saturated rings. The van der Waals surface area contributed by atoms with Gasteiger partial charge in [-0.25, -0.2) is 9.59 Å². The highest BCUT2D eigenvalue weighted by molar-refractivity contribution is 5.73. The second-order valence-electron chi connectivity index (χ2n) is 1.99. The van der Waals surface area contributed by atoms with Crippen LogP contribution in [0.25, 0.3) is 0 Å². The van der Waals surface area contributed by atoms with Crippen molar-refractivity contribution in [3.05, 3.63) is 0 Å². The Kier molecular flexibility index (Phi) is 3.47. The van der Waals surface area contributed by atoms with Gasteiger partial charge in [-0.15, -0.1) is 0 Å². The van der Waals surface area contributed by atoms with E-state index in [1.54, 1.807) is 0 Å². The highest BCUT2D eigenvalue weighted by atomic mass is 17.3. The molecule has 0 aliphatic heterocycles. The average Bonchev–Trinajstić information content (AvgIpc) is 2.01. The van der Waals surface area contributed by atoms with Crippen molar-refractivity contribution < 1.29 is 50.0 Å². The standard InChI is InChI=1S/C4H6O10/c5-1(6)3(9,10)13-14-4(11,12)2(7)8/h9-12H,(H,5,6)(H,7,8). The summed E-state index contributed by atoms with van der Waals surface area (Å²) in [5.41, 5.74) is 0. The maximum atomic E-state index is 9.89. The Balaban J connectivity index is 4.32. The van der Waals surface area contributed by atoms with Crippen LogP contribution in [0.5, 0.6) is 0 Å². The van der Waals surface area contributed by atoms with Gasteiger partial charge in [-0.05, 0) is 0 Å². The van der Waals surface area contributed by atoms with Crippen LogP contribution in [-0.2, 0) is 19.4 Å². The van der Waals surface area contributed by atoms with Crippen LogP contribution < -0.4 is 0 Å². The van der Waals surface area contributed by atoms with E-state index in [1.807, 2.05) is 0 Å². The minimum atomic E-state index is -3.90. The number of carboxylic acid groups (broad SMARTS) is 2. The summed E-state index contributed by atoms with van der Waals surface area (Å²) >= 11 is 0. The van der Waals surface area contributed by atoms with Gasteiger partial charge in [0.1, 0.15) is 0 Å². The van der Waals surface area contributed by atoms with E-state index >= 15 is 0 Å². The molecule has 10 nitrogen and oxygen atoms in total. The molecule has 0 saturated carbocycles. The molecule has 10 heteroatoms. The zero-order valence-electron chi connectivity index (χ0n) is 6.32. The van der Waals surface area contributed by atoms with Gasteiger partial charge in [0.2, 0.25) is 0 Å². The van der Waals surface area contributed by atoms with Gasteiger partial charge in [0.15, 0.2) is 0 Å². The van der Waals surface area contributed by atoms with Crippen LogP contribution in [0.15, 0.2) is 0 Å². The van der Waals surface area contributed by atoms with E-state index in [9.17, 15) is 9.59 Å². The largest absolute Gasteiger partial charge is 0.475 e. The van der Waals surface area contributed by atoms with Crippen LogP contribution in [0, 0.1) is 0 Å². The molecule has 0 spiro atoms. The molecule has 0 aromatic carbocycles. The van der Waals surface area contributed by atoms with Crippen molar-refractivity contribution >= 4 is 11.9 Å². The van der Waals surface area contributed by atoms with E-state index < -0.39 is 23.9 Å². The predicted octanol–water partition coefficient (Wildman–Crippen LogP) is -3.62. The summed E-state index contributed by atoms with van der Waals surface area (Å²) in [4.78, 5) is 26.1. The fourth-order valence-electron chi connectivity index (χ4n) is 0.187. The molecule has 0 radical (unpaired) electrons. The smallest absolute Gasteiger partial charge is 0.408 e. The van der Waals surface area contributed by atoms with Gasteiger partial charge in [0.05, 0.1) is 0 Å². The second-order valence-corrected chi connectivity index (χ2v) is 1.99. The average molecular weight is 214 g/mol. The van der Waals surface area contributed by atoms with E-state index in [2.05, 4.69) is 9.78 Å². The summed E-state index contributed by atoms with van der Waals surface area (Å²) in [6.07, 6.45) is 0. The maximum Gasteiger partial charge on any atom is 0.408 e. The van der Waals surface area contributed by atoms with Crippen molar-refractivity contribution in [1.29, 1.82) is 0 Å². The molecule has 0 heterocycles. The normalized spacial score (nSPS) is 12.6. The van der Waals surface area contributed by atoms with Crippen molar-refractivity contribution in [1.82, 2.24) is 0 Å². The first-order valence-corrected chi connectivity index (χ1v) is 2.82. The summed E-state index contributed by atoms with van der Waals surface area (Å²) < 4.78 is 0. The monoisotopic (exact) mass is 214 g/mol. The first-order chi connectivity index (χ1) is 6.09. The maximum absolute atomic E-state index is 9.89. The fraction of sp³-hybridized carbons (Fsp3) is 0.500. The fourth-order valence-corrected chi connectivity index (χ4v) is 0.187. The van der Waals surface area contributed by atoms with Crippen LogP contribution in [0.2, 0.25) is 0 Å². The van der Waals surface area contributed by atoms with Crippen LogP contribution in [-0.4, -0.2) is 54.5 Å². The number of carbonyl (C=O) groups is 2. The van der Waals surface area contributed by atoms with Crippen molar-refractivity contribution in [3.8, 4) is 0 Å². The zero-order chi connectivity index (χ0) is 11.6. The van der Waals surface area contributed by atoms with Gasteiger partial charge in [-0.1, -0.05) is 0 Å². The van der Waals surface area contributed by atoms with Crippen LogP contribution in [0.1, 0.15) is 0 Å². The Morgan fingerprint density at radius 2 is 1.00 bits per heavy atom. The number of hydrogen-bond donors (Lipinski definition) is 6. The molecule has 0 unspecified atom stereocenters. The molecule has 0 saturated heterocycles. The quantitative estimate of drug-likeness (QED) is 0.152. The van der Waals surface area contributed by atoms with Gasteiger partial charge < -0.3 is 30.6 Å². The zero-order valence-corrected chi connectivity index (χ0v) is 6.32. The molecular weight excluding hydrogens is 208 g/mol. The van der Waals surface area contributed by atoms with E-state index in [4.69, 9.17) is 30.6 Å². The summed E-state index contributed by atoms with van der Waals surface area (Å²) in [6, 6.07) is 0. The SMILES string of the molecule is O=C(O)C(O)(O)OOC(O)(O)C(=O)O. The number of rotatable bonds is 5. The topological polar surface area (TPSA) is 174 Å². The van der Waals surface area contributed by atoms with Gasteiger partial charge >= 0.3 is 23.9 Å².